The first-order valence-corrected chi connectivity index (χ1v) is 8.66. The van der Waals surface area contributed by atoms with Crippen LogP contribution in [-0.2, 0) is 14.3 Å². The number of ether oxygens (including phenoxy) is 2. The molecule has 0 amide bonds. The van der Waals surface area contributed by atoms with Crippen molar-refractivity contribution >= 4 is 5.97 Å². The average Bonchev–Trinajstić information content (AvgIpc) is 3.16. The predicted molar refractivity (Wildman–Crippen MR) is 85.0 cm³/mol. The van der Waals surface area contributed by atoms with E-state index in [0.29, 0.717) is 18.3 Å². The molecule has 23 heavy (non-hydrogen) atoms. The van der Waals surface area contributed by atoms with Crippen molar-refractivity contribution in [1.29, 1.82) is 0 Å². The highest BCUT2D eigenvalue weighted by molar-refractivity contribution is 5.66. The van der Waals surface area contributed by atoms with E-state index < -0.39 is 12.1 Å². The number of carboxylic acid groups (broad SMARTS) is 1. The normalized spacial score (nSPS) is 39.2. The molecule has 0 aromatic heterocycles. The molecule has 2 bridgehead atoms. The molecule has 3 heterocycles. The third kappa shape index (κ3) is 3.67. The Bertz CT molecular complexity index is 486. The number of carboxylic acids is 1. The molecule has 0 radical (unpaired) electrons. The second kappa shape index (κ2) is 7.16. The van der Waals surface area contributed by atoms with Crippen LogP contribution >= 0.6 is 0 Å². The summed E-state index contributed by atoms with van der Waals surface area (Å²) in [6.45, 7) is 1.96. The van der Waals surface area contributed by atoms with Gasteiger partial charge in [-0.05, 0) is 25.7 Å². The lowest BCUT2D eigenvalue weighted by Gasteiger charge is -2.22. The van der Waals surface area contributed by atoms with Gasteiger partial charge in [-0.2, -0.15) is 0 Å². The van der Waals surface area contributed by atoms with Crippen molar-refractivity contribution in [2.24, 2.45) is 11.8 Å². The van der Waals surface area contributed by atoms with Crippen LogP contribution in [0.2, 0.25) is 0 Å². The molecule has 3 fully saturated rings. The molecule has 128 valence electrons. The highest BCUT2D eigenvalue weighted by Crippen LogP contribution is 2.55. The number of epoxide rings is 1. The number of carbonyl (C=O) groups is 1. The number of hydrogen-bond donors (Lipinski definition) is 2. The summed E-state index contributed by atoms with van der Waals surface area (Å²) in [4.78, 5) is 10.5. The predicted octanol–water partition coefficient (Wildman–Crippen LogP) is 2.30. The van der Waals surface area contributed by atoms with Gasteiger partial charge in [0.25, 0.3) is 0 Å². The average molecular weight is 322 g/mol. The Kier molecular flexibility index (Phi) is 5.19. The molecule has 7 atom stereocenters. The first kappa shape index (κ1) is 16.7. The van der Waals surface area contributed by atoms with Crippen LogP contribution in [0.25, 0.3) is 0 Å². The summed E-state index contributed by atoms with van der Waals surface area (Å²) in [6, 6.07) is 0. The summed E-state index contributed by atoms with van der Waals surface area (Å²) in [5, 5.41) is 18.4. The molecule has 3 rings (SSSR count). The molecule has 0 saturated carbocycles. The van der Waals surface area contributed by atoms with Gasteiger partial charge in [0.2, 0.25) is 0 Å². The minimum atomic E-state index is -0.739. The van der Waals surface area contributed by atoms with Crippen molar-refractivity contribution in [3.63, 3.8) is 0 Å². The van der Waals surface area contributed by atoms with Crippen molar-refractivity contribution in [2.45, 2.75) is 69.5 Å². The van der Waals surface area contributed by atoms with Crippen LogP contribution in [0.5, 0.6) is 0 Å². The molecular weight excluding hydrogens is 296 g/mol. The van der Waals surface area contributed by atoms with Crippen LogP contribution in [0, 0.1) is 11.8 Å². The van der Waals surface area contributed by atoms with Gasteiger partial charge in [0, 0.05) is 18.3 Å². The van der Waals surface area contributed by atoms with Crippen molar-refractivity contribution < 1.29 is 24.5 Å². The fourth-order valence-electron chi connectivity index (χ4n) is 3.80. The van der Waals surface area contributed by atoms with E-state index in [1.165, 1.54) is 0 Å². The number of allylic oxidation sites excluding steroid dienone is 2. The van der Waals surface area contributed by atoms with E-state index in [2.05, 4.69) is 18.2 Å². The summed E-state index contributed by atoms with van der Waals surface area (Å²) < 4.78 is 11.8. The number of aliphatic hydroxyl groups excluding tert-OH is 1. The molecule has 1 unspecified atom stereocenters. The summed E-state index contributed by atoms with van der Waals surface area (Å²) >= 11 is 0. The number of hydrogen-bond acceptors (Lipinski definition) is 4. The number of aliphatic hydroxyl groups is 1. The molecule has 0 aliphatic carbocycles. The van der Waals surface area contributed by atoms with Crippen molar-refractivity contribution in [2.75, 3.05) is 0 Å². The summed E-state index contributed by atoms with van der Waals surface area (Å²) in [5.41, 5.74) is 0. The Hall–Kier alpha value is -1.17. The number of unbranched alkanes of at least 4 members (excludes halogenated alkanes) is 1. The largest absolute Gasteiger partial charge is 0.481 e. The van der Waals surface area contributed by atoms with Crippen LogP contribution in [0.15, 0.2) is 24.3 Å². The van der Waals surface area contributed by atoms with E-state index in [0.717, 1.165) is 19.3 Å². The van der Waals surface area contributed by atoms with Gasteiger partial charge >= 0.3 is 5.97 Å². The van der Waals surface area contributed by atoms with Gasteiger partial charge in [-0.1, -0.05) is 31.2 Å². The molecule has 3 aliphatic rings. The zero-order valence-electron chi connectivity index (χ0n) is 13.5. The Balaban J connectivity index is 1.52. The molecule has 3 saturated heterocycles. The zero-order chi connectivity index (χ0) is 16.4. The Morgan fingerprint density at radius 1 is 1.17 bits per heavy atom. The summed E-state index contributed by atoms with van der Waals surface area (Å²) in [7, 11) is 0. The van der Waals surface area contributed by atoms with E-state index in [9.17, 15) is 9.90 Å². The molecule has 2 N–H and O–H groups in total. The Morgan fingerprint density at radius 3 is 2.65 bits per heavy atom. The van der Waals surface area contributed by atoms with Crippen LogP contribution in [0.4, 0.5) is 0 Å². The molecule has 5 heteroatoms. The van der Waals surface area contributed by atoms with Gasteiger partial charge in [0.1, 0.15) is 12.2 Å². The summed E-state index contributed by atoms with van der Waals surface area (Å²) in [6.07, 6.45) is 12.0. The molecule has 5 nitrogen and oxygen atoms in total. The lowest BCUT2D eigenvalue weighted by Crippen LogP contribution is -2.31. The first-order chi connectivity index (χ1) is 11.1. The lowest BCUT2D eigenvalue weighted by molar-refractivity contribution is -0.137. The molecule has 0 spiro atoms. The third-order valence-electron chi connectivity index (χ3n) is 5.13. The van der Waals surface area contributed by atoms with Crippen LogP contribution in [-0.4, -0.2) is 46.7 Å². The maximum Gasteiger partial charge on any atom is 0.303 e. The SMILES string of the molecule is CCC(O)/C=C/[C@@H]1[C@H](C/C=C\CCCC(=O)O)[C@H]2O[C@@H]1[C@H]1O[C@H]12. The highest BCUT2D eigenvalue weighted by atomic mass is 16.7. The van der Waals surface area contributed by atoms with E-state index in [4.69, 9.17) is 14.6 Å². The van der Waals surface area contributed by atoms with Gasteiger partial charge in [0.05, 0.1) is 18.3 Å². The van der Waals surface area contributed by atoms with E-state index in [1.807, 2.05) is 13.0 Å². The van der Waals surface area contributed by atoms with Crippen LogP contribution in [0.3, 0.4) is 0 Å². The maximum absolute atomic E-state index is 10.5. The standard InChI is InChI=1S/C18H26O5/c1-2-11(19)9-10-13-12(7-5-3-4-6-8-14(20)21)15-17-18(23-17)16(13)22-15/h3,5,9-13,15-19H,2,4,6-8H2,1H3,(H,20,21)/b5-3-,10-9+/t11?,12-,13+,15+,16-,17-,18+/m0/s1. The van der Waals surface area contributed by atoms with Crippen LogP contribution in [0.1, 0.15) is 39.0 Å². The van der Waals surface area contributed by atoms with Crippen LogP contribution < -0.4 is 0 Å². The Morgan fingerprint density at radius 2 is 1.91 bits per heavy atom. The number of aliphatic carboxylic acids is 1. The fraction of sp³-hybridized carbons (Fsp3) is 0.722. The minimum Gasteiger partial charge on any atom is -0.481 e. The molecular formula is C18H26O5. The number of rotatable bonds is 9. The van der Waals surface area contributed by atoms with Gasteiger partial charge in [-0.3, -0.25) is 4.79 Å². The van der Waals surface area contributed by atoms with E-state index >= 15 is 0 Å². The molecule has 0 aromatic rings. The van der Waals surface area contributed by atoms with Crippen molar-refractivity contribution in [3.05, 3.63) is 24.3 Å². The quantitative estimate of drug-likeness (QED) is 0.387. The summed E-state index contributed by atoms with van der Waals surface area (Å²) in [5.74, 6) is -0.0510. The topological polar surface area (TPSA) is 79.3 Å². The van der Waals surface area contributed by atoms with E-state index in [-0.39, 0.29) is 30.8 Å². The lowest BCUT2D eigenvalue weighted by atomic mass is 9.77. The van der Waals surface area contributed by atoms with Gasteiger partial charge in [-0.25, -0.2) is 0 Å². The van der Waals surface area contributed by atoms with Gasteiger partial charge < -0.3 is 19.7 Å². The van der Waals surface area contributed by atoms with Crippen molar-refractivity contribution in [1.82, 2.24) is 0 Å². The fourth-order valence-corrected chi connectivity index (χ4v) is 3.80. The van der Waals surface area contributed by atoms with Gasteiger partial charge in [-0.15, -0.1) is 0 Å². The zero-order valence-corrected chi connectivity index (χ0v) is 13.5. The van der Waals surface area contributed by atoms with Crippen molar-refractivity contribution in [3.8, 4) is 0 Å². The highest BCUT2D eigenvalue weighted by Gasteiger charge is 2.68. The molecule has 0 aromatic carbocycles. The monoisotopic (exact) mass is 322 g/mol. The Labute approximate surface area is 137 Å². The second-order valence-corrected chi connectivity index (χ2v) is 6.73. The number of fused-ring (bicyclic) bond motifs is 5. The van der Waals surface area contributed by atoms with E-state index in [1.54, 1.807) is 0 Å². The molecule has 3 aliphatic heterocycles. The third-order valence-corrected chi connectivity index (χ3v) is 5.13. The minimum absolute atomic E-state index is 0.135. The first-order valence-electron chi connectivity index (χ1n) is 8.66. The maximum atomic E-state index is 10.5. The second-order valence-electron chi connectivity index (χ2n) is 6.73. The van der Waals surface area contributed by atoms with Gasteiger partial charge in [0.15, 0.2) is 0 Å². The smallest absolute Gasteiger partial charge is 0.303 e.